The second-order valence-electron chi connectivity index (χ2n) is 7.34. The second kappa shape index (κ2) is 9.97. The van der Waals surface area contributed by atoms with Gasteiger partial charge in [0, 0.05) is 24.7 Å². The van der Waals surface area contributed by atoms with E-state index in [1.54, 1.807) is 24.5 Å². The summed E-state index contributed by atoms with van der Waals surface area (Å²) in [4.78, 5) is 16.4. The summed E-state index contributed by atoms with van der Waals surface area (Å²) in [7, 11) is 1.35. The van der Waals surface area contributed by atoms with Crippen LogP contribution in [0.15, 0.2) is 42.7 Å². The lowest BCUT2D eigenvalue weighted by molar-refractivity contribution is -0.153. The first-order chi connectivity index (χ1) is 14.8. The van der Waals surface area contributed by atoms with Crippen molar-refractivity contribution in [2.24, 2.45) is 5.92 Å². The zero-order valence-corrected chi connectivity index (χ0v) is 17.2. The molecule has 1 aromatic carbocycles. The first-order valence-corrected chi connectivity index (χ1v) is 9.83. The summed E-state index contributed by atoms with van der Waals surface area (Å²) < 4.78 is 47.0. The minimum atomic E-state index is -4.43. The molecule has 1 amide bonds. The highest BCUT2D eigenvalue weighted by atomic mass is 19.4. The van der Waals surface area contributed by atoms with E-state index in [9.17, 15) is 18.0 Å². The summed E-state index contributed by atoms with van der Waals surface area (Å²) in [6.07, 6.45) is -0.593. The molecule has 1 aromatic heterocycles. The van der Waals surface area contributed by atoms with Gasteiger partial charge in [-0.3, -0.25) is 9.78 Å². The van der Waals surface area contributed by atoms with Crippen molar-refractivity contribution in [3.63, 3.8) is 0 Å². The van der Waals surface area contributed by atoms with Crippen molar-refractivity contribution in [3.05, 3.63) is 53.9 Å². The van der Waals surface area contributed by atoms with E-state index in [2.05, 4.69) is 21.2 Å². The van der Waals surface area contributed by atoms with Crippen molar-refractivity contribution in [1.82, 2.24) is 21.2 Å². The molecule has 0 saturated carbocycles. The number of ether oxygens (including phenoxy) is 2. The Labute approximate surface area is 178 Å². The Hall–Kier alpha value is -2.85. The quantitative estimate of drug-likeness (QED) is 0.588. The molecule has 0 radical (unpaired) electrons. The molecule has 3 atom stereocenters. The molecular formula is C21H25F3N4O3. The number of rotatable bonds is 8. The number of aryl methyl sites for hydroxylation is 1. The highest BCUT2D eigenvalue weighted by Gasteiger charge is 2.34. The maximum atomic E-state index is 12.4. The zero-order chi connectivity index (χ0) is 22.4. The Bertz CT molecular complexity index is 880. The van der Waals surface area contributed by atoms with Crippen LogP contribution in [0, 0.1) is 5.92 Å². The summed E-state index contributed by atoms with van der Waals surface area (Å²) in [6.45, 7) is 0.639. The van der Waals surface area contributed by atoms with Crippen LogP contribution >= 0.6 is 0 Å². The minimum absolute atomic E-state index is 0.00485. The monoisotopic (exact) mass is 438 g/mol. The molecule has 3 unspecified atom stereocenters. The van der Waals surface area contributed by atoms with Crippen LogP contribution < -0.4 is 25.6 Å². The SMILES string of the molecule is COc1cc(CCC(=O)NC2NNC(c3ccncc3)C2C)ccc1OCC(F)(F)F. The molecule has 10 heteroatoms. The van der Waals surface area contributed by atoms with E-state index in [-0.39, 0.29) is 42.0 Å². The van der Waals surface area contributed by atoms with Gasteiger partial charge in [-0.2, -0.15) is 13.2 Å². The van der Waals surface area contributed by atoms with Crippen LogP contribution in [0.3, 0.4) is 0 Å². The van der Waals surface area contributed by atoms with Crippen molar-refractivity contribution in [3.8, 4) is 11.5 Å². The lowest BCUT2D eigenvalue weighted by Crippen LogP contribution is -2.46. The molecular weight excluding hydrogens is 413 g/mol. The van der Waals surface area contributed by atoms with E-state index in [0.29, 0.717) is 6.42 Å². The number of aromatic nitrogens is 1. The number of nitrogens with one attached hydrogen (secondary N) is 3. The number of amides is 1. The average Bonchev–Trinajstić information content (AvgIpc) is 3.11. The Morgan fingerprint density at radius 2 is 1.90 bits per heavy atom. The van der Waals surface area contributed by atoms with E-state index in [1.807, 2.05) is 19.1 Å². The molecule has 31 heavy (non-hydrogen) atoms. The fourth-order valence-corrected chi connectivity index (χ4v) is 3.41. The molecule has 0 spiro atoms. The summed E-state index contributed by atoms with van der Waals surface area (Å²) in [6, 6.07) is 8.52. The third kappa shape index (κ3) is 6.31. The Kier molecular flexibility index (Phi) is 7.34. The number of carbonyl (C=O) groups is 1. The number of hydrogen-bond donors (Lipinski definition) is 3. The van der Waals surface area contributed by atoms with Crippen molar-refractivity contribution in [1.29, 1.82) is 0 Å². The predicted molar refractivity (Wildman–Crippen MR) is 107 cm³/mol. The molecule has 0 bridgehead atoms. The summed E-state index contributed by atoms with van der Waals surface area (Å²) in [5.74, 6) is 0.164. The van der Waals surface area contributed by atoms with Gasteiger partial charge < -0.3 is 14.8 Å². The number of hydrogen-bond acceptors (Lipinski definition) is 6. The van der Waals surface area contributed by atoms with E-state index < -0.39 is 12.8 Å². The third-order valence-corrected chi connectivity index (χ3v) is 5.09. The normalized spacial score (nSPS) is 21.0. The second-order valence-corrected chi connectivity index (χ2v) is 7.34. The van der Waals surface area contributed by atoms with Crippen LogP contribution in [0.4, 0.5) is 13.2 Å². The standard InChI is InChI=1S/C21H25F3N4O3/c1-13-19(15-7-9-25-10-8-15)27-28-20(13)26-18(29)6-4-14-3-5-16(17(11-14)30-2)31-12-21(22,23)24/h3,5,7-11,13,19-20,27-28H,4,6,12H2,1-2H3,(H,26,29). The average molecular weight is 438 g/mol. The predicted octanol–water partition coefficient (Wildman–Crippen LogP) is 2.89. The van der Waals surface area contributed by atoms with Gasteiger partial charge in [-0.1, -0.05) is 13.0 Å². The van der Waals surface area contributed by atoms with Crippen LogP contribution in [0.5, 0.6) is 11.5 Å². The van der Waals surface area contributed by atoms with E-state index >= 15 is 0 Å². The molecule has 3 N–H and O–H groups in total. The number of methoxy groups -OCH3 is 1. The lowest BCUT2D eigenvalue weighted by atomic mass is 9.95. The van der Waals surface area contributed by atoms with Gasteiger partial charge >= 0.3 is 6.18 Å². The Morgan fingerprint density at radius 3 is 2.58 bits per heavy atom. The fraction of sp³-hybridized carbons (Fsp3) is 0.429. The Morgan fingerprint density at radius 1 is 1.16 bits per heavy atom. The minimum Gasteiger partial charge on any atom is -0.493 e. The highest BCUT2D eigenvalue weighted by Crippen LogP contribution is 2.30. The number of alkyl halides is 3. The van der Waals surface area contributed by atoms with Crippen molar-refractivity contribution in [2.75, 3.05) is 13.7 Å². The molecule has 0 aliphatic carbocycles. The topological polar surface area (TPSA) is 84.5 Å². The summed E-state index contributed by atoms with van der Waals surface area (Å²) >= 11 is 0. The van der Waals surface area contributed by atoms with Crippen LogP contribution in [-0.4, -0.2) is 36.9 Å². The maximum Gasteiger partial charge on any atom is 0.422 e. The first kappa shape index (κ1) is 22.8. The van der Waals surface area contributed by atoms with Crippen molar-refractivity contribution < 1.29 is 27.4 Å². The number of nitrogens with zero attached hydrogens (tertiary/aromatic N) is 1. The molecule has 1 aliphatic heterocycles. The highest BCUT2D eigenvalue weighted by molar-refractivity contribution is 5.76. The van der Waals surface area contributed by atoms with Crippen LogP contribution in [-0.2, 0) is 11.2 Å². The number of pyridine rings is 1. The van der Waals surface area contributed by atoms with Crippen molar-refractivity contribution >= 4 is 5.91 Å². The molecule has 1 fully saturated rings. The molecule has 3 rings (SSSR count). The van der Waals surface area contributed by atoms with Gasteiger partial charge in [-0.15, -0.1) is 0 Å². The third-order valence-electron chi connectivity index (χ3n) is 5.09. The van der Waals surface area contributed by atoms with Gasteiger partial charge in [0.1, 0.15) is 0 Å². The van der Waals surface area contributed by atoms with E-state index in [0.717, 1.165) is 11.1 Å². The van der Waals surface area contributed by atoms with E-state index in [4.69, 9.17) is 9.47 Å². The summed E-state index contributed by atoms with van der Waals surface area (Å²) in [5.41, 5.74) is 8.13. The van der Waals surface area contributed by atoms with Gasteiger partial charge in [0.25, 0.3) is 0 Å². The number of carbonyl (C=O) groups excluding carboxylic acids is 1. The lowest BCUT2D eigenvalue weighted by Gasteiger charge is -2.20. The largest absolute Gasteiger partial charge is 0.493 e. The van der Waals surface area contributed by atoms with Gasteiger partial charge in [0.15, 0.2) is 18.1 Å². The van der Waals surface area contributed by atoms with Crippen LogP contribution in [0.1, 0.15) is 30.5 Å². The first-order valence-electron chi connectivity index (χ1n) is 9.83. The molecule has 2 aromatic rings. The van der Waals surface area contributed by atoms with Gasteiger partial charge in [0.2, 0.25) is 5.91 Å². The smallest absolute Gasteiger partial charge is 0.422 e. The fourth-order valence-electron chi connectivity index (χ4n) is 3.41. The summed E-state index contributed by atoms with van der Waals surface area (Å²) in [5, 5.41) is 2.97. The van der Waals surface area contributed by atoms with Crippen molar-refractivity contribution in [2.45, 2.75) is 38.1 Å². The molecule has 1 aliphatic rings. The maximum absolute atomic E-state index is 12.4. The number of benzene rings is 1. The van der Waals surface area contributed by atoms with Gasteiger partial charge in [0.05, 0.1) is 19.3 Å². The zero-order valence-electron chi connectivity index (χ0n) is 17.2. The number of halogens is 3. The molecule has 7 nitrogen and oxygen atoms in total. The molecule has 168 valence electrons. The van der Waals surface area contributed by atoms with Crippen LogP contribution in [0.25, 0.3) is 0 Å². The van der Waals surface area contributed by atoms with Crippen LogP contribution in [0.2, 0.25) is 0 Å². The van der Waals surface area contributed by atoms with Gasteiger partial charge in [-0.25, -0.2) is 10.9 Å². The van der Waals surface area contributed by atoms with Gasteiger partial charge in [-0.05, 0) is 41.8 Å². The molecule has 1 saturated heterocycles. The Balaban J connectivity index is 1.51. The molecule has 2 heterocycles. The number of hydrazine groups is 1. The van der Waals surface area contributed by atoms with E-state index in [1.165, 1.54) is 13.2 Å².